The Morgan fingerprint density at radius 1 is 1.53 bits per heavy atom. The molecule has 0 bridgehead atoms. The van der Waals surface area contributed by atoms with E-state index in [0.29, 0.717) is 6.42 Å². The van der Waals surface area contributed by atoms with Crippen molar-refractivity contribution >= 4 is 6.09 Å². The number of carbonyl (C=O) groups is 1. The van der Waals surface area contributed by atoms with Gasteiger partial charge in [0.2, 0.25) is 0 Å². The van der Waals surface area contributed by atoms with E-state index >= 15 is 0 Å². The van der Waals surface area contributed by atoms with Crippen LogP contribution in [0.15, 0.2) is 12.2 Å². The van der Waals surface area contributed by atoms with Crippen molar-refractivity contribution in [3.63, 3.8) is 0 Å². The smallest absolute Gasteiger partial charge is 0.407 e. The summed E-state index contributed by atoms with van der Waals surface area (Å²) in [7, 11) is 0. The number of aliphatic hydroxyl groups excluding tert-OH is 1. The van der Waals surface area contributed by atoms with Gasteiger partial charge >= 0.3 is 6.09 Å². The van der Waals surface area contributed by atoms with E-state index in [1.165, 1.54) is 0 Å². The average Bonchev–Trinajstić information content (AvgIpc) is 2.09. The number of carbonyl (C=O) groups excluding carboxylic acids is 1. The minimum atomic E-state index is -0.509. The zero-order chi connectivity index (χ0) is 11.9. The van der Waals surface area contributed by atoms with Crippen LogP contribution in [0.2, 0.25) is 0 Å². The summed E-state index contributed by atoms with van der Waals surface area (Å²) >= 11 is 0. The zero-order valence-corrected chi connectivity index (χ0v) is 9.91. The molecule has 0 spiro atoms. The summed E-state index contributed by atoms with van der Waals surface area (Å²) in [6.45, 7) is 7.19. The van der Waals surface area contributed by atoms with E-state index in [2.05, 4.69) is 5.32 Å². The quantitative estimate of drug-likeness (QED) is 0.703. The normalized spacial score (nSPS) is 13.9. The van der Waals surface area contributed by atoms with Gasteiger partial charge in [-0.3, -0.25) is 0 Å². The Hall–Kier alpha value is -1.03. The SMILES string of the molecule is C/C=C/C[C@@H](CO)NC(=O)OC(C)(C)C. The van der Waals surface area contributed by atoms with Gasteiger partial charge in [0.1, 0.15) is 5.60 Å². The van der Waals surface area contributed by atoms with E-state index in [1.54, 1.807) is 20.8 Å². The molecule has 15 heavy (non-hydrogen) atoms. The number of ether oxygens (including phenoxy) is 1. The molecule has 0 unspecified atom stereocenters. The van der Waals surface area contributed by atoms with Crippen LogP contribution in [0.3, 0.4) is 0 Å². The lowest BCUT2D eigenvalue weighted by molar-refractivity contribution is 0.0483. The van der Waals surface area contributed by atoms with Crippen molar-refractivity contribution in [2.45, 2.75) is 45.8 Å². The molecule has 0 aromatic carbocycles. The molecule has 0 saturated carbocycles. The standard InChI is InChI=1S/C11H21NO3/c1-5-6-7-9(8-13)12-10(14)15-11(2,3)4/h5-6,9,13H,7-8H2,1-4H3,(H,12,14)/b6-5+/t9-/m0/s1. The number of hydrogen-bond acceptors (Lipinski definition) is 3. The van der Waals surface area contributed by atoms with Crippen LogP contribution in [-0.2, 0) is 4.74 Å². The maximum Gasteiger partial charge on any atom is 0.407 e. The Morgan fingerprint density at radius 2 is 2.13 bits per heavy atom. The van der Waals surface area contributed by atoms with Crippen molar-refractivity contribution in [1.82, 2.24) is 5.32 Å². The van der Waals surface area contributed by atoms with Crippen LogP contribution in [0, 0.1) is 0 Å². The minimum Gasteiger partial charge on any atom is -0.444 e. The fourth-order valence-electron chi connectivity index (χ4n) is 0.954. The molecule has 0 aliphatic heterocycles. The van der Waals surface area contributed by atoms with Crippen molar-refractivity contribution < 1.29 is 14.6 Å². The molecule has 0 heterocycles. The third kappa shape index (κ3) is 8.00. The summed E-state index contributed by atoms with van der Waals surface area (Å²) in [5, 5.41) is 11.6. The summed E-state index contributed by atoms with van der Waals surface area (Å²) in [5.74, 6) is 0. The number of rotatable bonds is 4. The summed E-state index contributed by atoms with van der Waals surface area (Å²) < 4.78 is 5.06. The van der Waals surface area contributed by atoms with Crippen molar-refractivity contribution in [2.75, 3.05) is 6.61 Å². The van der Waals surface area contributed by atoms with Crippen molar-refractivity contribution in [3.8, 4) is 0 Å². The van der Waals surface area contributed by atoms with Crippen molar-refractivity contribution in [2.24, 2.45) is 0 Å². The molecule has 0 fully saturated rings. The second-order valence-corrected chi connectivity index (χ2v) is 4.33. The summed E-state index contributed by atoms with van der Waals surface area (Å²) in [6.07, 6.45) is 3.87. The minimum absolute atomic E-state index is 0.0937. The molecule has 0 aromatic rings. The first-order chi connectivity index (χ1) is 6.89. The van der Waals surface area contributed by atoms with Crippen LogP contribution >= 0.6 is 0 Å². The van der Waals surface area contributed by atoms with Gasteiger partial charge in [-0.1, -0.05) is 12.2 Å². The number of hydrogen-bond donors (Lipinski definition) is 2. The Bertz CT molecular complexity index is 218. The van der Waals surface area contributed by atoms with Crippen LogP contribution < -0.4 is 5.32 Å². The second-order valence-electron chi connectivity index (χ2n) is 4.33. The first-order valence-corrected chi connectivity index (χ1v) is 5.10. The van der Waals surface area contributed by atoms with Gasteiger partial charge in [0, 0.05) is 0 Å². The van der Waals surface area contributed by atoms with Gasteiger partial charge in [0.15, 0.2) is 0 Å². The maximum absolute atomic E-state index is 11.3. The van der Waals surface area contributed by atoms with E-state index in [4.69, 9.17) is 9.84 Å². The predicted octanol–water partition coefficient (Wildman–Crippen LogP) is 1.84. The summed E-state index contributed by atoms with van der Waals surface area (Å²) in [4.78, 5) is 11.3. The Kier molecular flexibility index (Phi) is 6.01. The molecular formula is C11H21NO3. The van der Waals surface area contributed by atoms with Crippen molar-refractivity contribution in [3.05, 3.63) is 12.2 Å². The lowest BCUT2D eigenvalue weighted by Crippen LogP contribution is -2.40. The lowest BCUT2D eigenvalue weighted by Gasteiger charge is -2.22. The molecule has 0 aliphatic rings. The van der Waals surface area contributed by atoms with Crippen LogP contribution in [0.5, 0.6) is 0 Å². The lowest BCUT2D eigenvalue weighted by atomic mass is 10.2. The summed E-state index contributed by atoms with van der Waals surface area (Å²) in [5.41, 5.74) is -0.509. The first kappa shape index (κ1) is 14.0. The highest BCUT2D eigenvalue weighted by Gasteiger charge is 2.18. The Balaban J connectivity index is 4.01. The van der Waals surface area contributed by atoms with Gasteiger partial charge in [-0.25, -0.2) is 4.79 Å². The molecule has 1 atom stereocenters. The fourth-order valence-corrected chi connectivity index (χ4v) is 0.954. The van der Waals surface area contributed by atoms with Gasteiger partial charge in [0.05, 0.1) is 12.6 Å². The van der Waals surface area contributed by atoms with E-state index < -0.39 is 11.7 Å². The summed E-state index contributed by atoms with van der Waals surface area (Å²) in [6, 6.07) is -0.281. The molecule has 88 valence electrons. The third-order valence-electron chi connectivity index (χ3n) is 1.60. The van der Waals surface area contributed by atoms with Gasteiger partial charge in [0.25, 0.3) is 0 Å². The van der Waals surface area contributed by atoms with Crippen LogP contribution in [0.1, 0.15) is 34.1 Å². The molecule has 0 rings (SSSR count). The predicted molar refractivity (Wildman–Crippen MR) is 59.7 cm³/mol. The maximum atomic E-state index is 11.3. The molecule has 1 amide bonds. The monoisotopic (exact) mass is 215 g/mol. The topological polar surface area (TPSA) is 58.6 Å². The third-order valence-corrected chi connectivity index (χ3v) is 1.60. The van der Waals surface area contributed by atoms with Gasteiger partial charge in [-0.15, -0.1) is 0 Å². The fraction of sp³-hybridized carbons (Fsp3) is 0.727. The Labute approximate surface area is 91.3 Å². The highest BCUT2D eigenvalue weighted by Crippen LogP contribution is 2.07. The second kappa shape index (κ2) is 6.45. The van der Waals surface area contributed by atoms with Gasteiger partial charge in [-0.05, 0) is 34.1 Å². The highest BCUT2D eigenvalue weighted by molar-refractivity contribution is 5.68. The largest absolute Gasteiger partial charge is 0.444 e. The van der Waals surface area contributed by atoms with Gasteiger partial charge in [-0.2, -0.15) is 0 Å². The van der Waals surface area contributed by atoms with E-state index in [0.717, 1.165) is 0 Å². The molecule has 0 aromatic heterocycles. The number of amides is 1. The molecule has 4 nitrogen and oxygen atoms in total. The first-order valence-electron chi connectivity index (χ1n) is 5.10. The molecule has 0 aliphatic carbocycles. The molecule has 4 heteroatoms. The molecule has 2 N–H and O–H groups in total. The zero-order valence-electron chi connectivity index (χ0n) is 9.91. The number of allylic oxidation sites excluding steroid dienone is 1. The number of aliphatic hydroxyl groups is 1. The number of alkyl carbamates (subject to hydrolysis) is 1. The van der Waals surface area contributed by atoms with E-state index in [9.17, 15) is 4.79 Å². The Morgan fingerprint density at radius 3 is 2.53 bits per heavy atom. The molecule has 0 radical (unpaired) electrons. The van der Waals surface area contributed by atoms with Crippen LogP contribution in [0.25, 0.3) is 0 Å². The molecular weight excluding hydrogens is 194 g/mol. The molecule has 0 saturated heterocycles. The van der Waals surface area contributed by atoms with Crippen LogP contribution in [0.4, 0.5) is 4.79 Å². The number of nitrogens with one attached hydrogen (secondary N) is 1. The van der Waals surface area contributed by atoms with Crippen LogP contribution in [-0.4, -0.2) is 29.4 Å². The van der Waals surface area contributed by atoms with E-state index in [-0.39, 0.29) is 12.6 Å². The average molecular weight is 215 g/mol. The van der Waals surface area contributed by atoms with Crippen molar-refractivity contribution in [1.29, 1.82) is 0 Å². The van der Waals surface area contributed by atoms with E-state index in [1.807, 2.05) is 19.1 Å². The van der Waals surface area contributed by atoms with Gasteiger partial charge < -0.3 is 15.2 Å². The highest BCUT2D eigenvalue weighted by atomic mass is 16.6.